The van der Waals surface area contributed by atoms with Crippen molar-refractivity contribution in [1.82, 2.24) is 9.78 Å². The van der Waals surface area contributed by atoms with Gasteiger partial charge in [0.1, 0.15) is 0 Å². The number of carbonyl (C=O) groups is 1. The number of nitrogens with one attached hydrogen (secondary N) is 1. The summed E-state index contributed by atoms with van der Waals surface area (Å²) in [5.74, 6) is -0.813. The van der Waals surface area contributed by atoms with Crippen molar-refractivity contribution in [3.63, 3.8) is 0 Å². The Kier molecular flexibility index (Phi) is 5.21. The standard InChI is InChI=1S/C17H12Cl2FN3O2/c18-11-5-6-12(19)15(9-11)21-17(24)14-7-8-23(22-14)10-25-16-4-2-1-3-13(16)20/h1-9H,10H2,(H,21,24). The predicted molar refractivity (Wildman–Crippen MR) is 93.7 cm³/mol. The van der Waals surface area contributed by atoms with Crippen molar-refractivity contribution in [2.75, 3.05) is 5.32 Å². The Morgan fingerprint density at radius 3 is 2.80 bits per heavy atom. The minimum absolute atomic E-state index is 0.0356. The van der Waals surface area contributed by atoms with Gasteiger partial charge in [0.15, 0.2) is 24.0 Å². The lowest BCUT2D eigenvalue weighted by Crippen LogP contribution is -2.14. The van der Waals surface area contributed by atoms with Gasteiger partial charge in [-0.15, -0.1) is 0 Å². The number of rotatable bonds is 5. The maximum atomic E-state index is 13.5. The van der Waals surface area contributed by atoms with E-state index in [1.165, 1.54) is 22.9 Å². The fourth-order valence-corrected chi connectivity index (χ4v) is 2.37. The predicted octanol–water partition coefficient (Wildman–Crippen LogP) is 4.62. The average molecular weight is 380 g/mol. The van der Waals surface area contributed by atoms with Crippen LogP contribution in [0.3, 0.4) is 0 Å². The first-order valence-electron chi connectivity index (χ1n) is 7.20. The molecule has 0 aliphatic heterocycles. The quantitative estimate of drug-likeness (QED) is 0.703. The summed E-state index contributed by atoms with van der Waals surface area (Å²) in [5.41, 5.74) is 0.546. The van der Waals surface area contributed by atoms with E-state index in [9.17, 15) is 9.18 Å². The first kappa shape index (κ1) is 17.3. The van der Waals surface area contributed by atoms with Crippen LogP contribution in [0.5, 0.6) is 5.75 Å². The lowest BCUT2D eigenvalue weighted by Gasteiger charge is -2.07. The topological polar surface area (TPSA) is 56.2 Å². The molecule has 0 atom stereocenters. The van der Waals surface area contributed by atoms with Gasteiger partial charge in [-0.3, -0.25) is 4.79 Å². The van der Waals surface area contributed by atoms with E-state index >= 15 is 0 Å². The Labute approximate surface area is 152 Å². The summed E-state index contributed by atoms with van der Waals surface area (Å²) in [6, 6.07) is 12.3. The average Bonchev–Trinajstić information content (AvgIpc) is 3.06. The SMILES string of the molecule is O=C(Nc1cc(Cl)ccc1Cl)c1ccn(COc2ccccc2F)n1. The summed E-state index contributed by atoms with van der Waals surface area (Å²) in [6.45, 7) is -0.0356. The van der Waals surface area contributed by atoms with Gasteiger partial charge in [-0.1, -0.05) is 35.3 Å². The van der Waals surface area contributed by atoms with Crippen LogP contribution in [0.1, 0.15) is 10.5 Å². The highest BCUT2D eigenvalue weighted by molar-refractivity contribution is 6.35. The van der Waals surface area contributed by atoms with Crippen LogP contribution >= 0.6 is 23.2 Å². The molecule has 1 amide bonds. The third kappa shape index (κ3) is 4.29. The van der Waals surface area contributed by atoms with Crippen LogP contribution in [-0.2, 0) is 6.73 Å². The number of anilines is 1. The number of ether oxygens (including phenoxy) is 1. The summed E-state index contributed by atoms with van der Waals surface area (Å²) in [4.78, 5) is 12.2. The van der Waals surface area contributed by atoms with Crippen molar-refractivity contribution in [1.29, 1.82) is 0 Å². The van der Waals surface area contributed by atoms with Crippen LogP contribution in [-0.4, -0.2) is 15.7 Å². The normalized spacial score (nSPS) is 10.5. The Balaban J connectivity index is 1.65. The van der Waals surface area contributed by atoms with Crippen molar-refractivity contribution in [2.24, 2.45) is 0 Å². The minimum atomic E-state index is -0.469. The van der Waals surface area contributed by atoms with Crippen LogP contribution in [0.25, 0.3) is 0 Å². The Bertz CT molecular complexity index is 914. The van der Waals surface area contributed by atoms with E-state index in [1.54, 1.807) is 36.5 Å². The van der Waals surface area contributed by atoms with E-state index in [4.69, 9.17) is 27.9 Å². The summed E-state index contributed by atoms with van der Waals surface area (Å²) >= 11 is 11.9. The zero-order valence-electron chi connectivity index (χ0n) is 12.7. The van der Waals surface area contributed by atoms with Gasteiger partial charge in [0.2, 0.25) is 0 Å². The maximum Gasteiger partial charge on any atom is 0.276 e. The fraction of sp³-hybridized carbons (Fsp3) is 0.0588. The molecule has 2 aromatic carbocycles. The first-order valence-corrected chi connectivity index (χ1v) is 7.96. The molecule has 0 saturated carbocycles. The molecule has 0 bridgehead atoms. The molecule has 0 saturated heterocycles. The zero-order valence-corrected chi connectivity index (χ0v) is 14.3. The third-order valence-corrected chi connectivity index (χ3v) is 3.80. The second kappa shape index (κ2) is 7.55. The molecule has 0 fully saturated rings. The van der Waals surface area contributed by atoms with Gasteiger partial charge < -0.3 is 10.1 Å². The monoisotopic (exact) mass is 379 g/mol. The van der Waals surface area contributed by atoms with E-state index < -0.39 is 11.7 Å². The van der Waals surface area contributed by atoms with Crippen LogP contribution in [0, 0.1) is 5.82 Å². The molecule has 0 aliphatic rings. The molecule has 0 unspecified atom stereocenters. The Morgan fingerprint density at radius 2 is 2.00 bits per heavy atom. The van der Waals surface area contributed by atoms with E-state index in [2.05, 4.69) is 10.4 Å². The van der Waals surface area contributed by atoms with Crippen LogP contribution in [0.15, 0.2) is 54.7 Å². The molecule has 3 aromatic rings. The van der Waals surface area contributed by atoms with Crippen LogP contribution in [0.4, 0.5) is 10.1 Å². The smallest absolute Gasteiger partial charge is 0.276 e. The minimum Gasteiger partial charge on any atom is -0.468 e. The van der Waals surface area contributed by atoms with Crippen molar-refractivity contribution in [3.8, 4) is 5.75 Å². The summed E-state index contributed by atoms with van der Waals surface area (Å²) in [6.07, 6.45) is 1.55. The van der Waals surface area contributed by atoms with E-state index in [0.29, 0.717) is 15.7 Å². The molecule has 1 aromatic heterocycles. The molecule has 3 rings (SSSR count). The van der Waals surface area contributed by atoms with E-state index in [1.807, 2.05) is 0 Å². The number of carbonyl (C=O) groups excluding carboxylic acids is 1. The van der Waals surface area contributed by atoms with Crippen LogP contribution < -0.4 is 10.1 Å². The van der Waals surface area contributed by atoms with Gasteiger partial charge in [-0.25, -0.2) is 9.07 Å². The Hall–Kier alpha value is -2.57. The Morgan fingerprint density at radius 1 is 1.20 bits per heavy atom. The van der Waals surface area contributed by atoms with Gasteiger partial charge in [-0.05, 0) is 36.4 Å². The van der Waals surface area contributed by atoms with E-state index in [-0.39, 0.29) is 18.2 Å². The molecular weight excluding hydrogens is 368 g/mol. The number of para-hydroxylation sites is 1. The highest BCUT2D eigenvalue weighted by Gasteiger charge is 2.12. The molecule has 0 radical (unpaired) electrons. The summed E-state index contributed by atoms with van der Waals surface area (Å²) in [7, 11) is 0. The second-order valence-corrected chi connectivity index (χ2v) is 5.87. The number of hydrogen-bond donors (Lipinski definition) is 1. The van der Waals surface area contributed by atoms with Gasteiger partial charge >= 0.3 is 0 Å². The second-order valence-electron chi connectivity index (χ2n) is 5.02. The molecule has 5 nitrogen and oxygen atoms in total. The molecule has 0 spiro atoms. The van der Waals surface area contributed by atoms with Gasteiger partial charge in [0.25, 0.3) is 5.91 Å². The van der Waals surface area contributed by atoms with Gasteiger partial charge in [-0.2, -0.15) is 5.10 Å². The maximum absolute atomic E-state index is 13.5. The number of benzene rings is 2. The molecule has 25 heavy (non-hydrogen) atoms. The zero-order chi connectivity index (χ0) is 17.8. The molecule has 1 heterocycles. The number of nitrogens with zero attached hydrogens (tertiary/aromatic N) is 2. The number of hydrogen-bond acceptors (Lipinski definition) is 3. The molecular formula is C17H12Cl2FN3O2. The van der Waals surface area contributed by atoms with Crippen molar-refractivity contribution < 1.29 is 13.9 Å². The highest BCUT2D eigenvalue weighted by Crippen LogP contribution is 2.25. The lowest BCUT2D eigenvalue weighted by atomic mass is 10.3. The fourth-order valence-electron chi connectivity index (χ4n) is 2.03. The number of amides is 1. The van der Waals surface area contributed by atoms with E-state index in [0.717, 1.165) is 0 Å². The van der Waals surface area contributed by atoms with Gasteiger partial charge in [0.05, 0.1) is 10.7 Å². The highest BCUT2D eigenvalue weighted by atomic mass is 35.5. The number of aromatic nitrogens is 2. The molecule has 1 N–H and O–H groups in total. The summed E-state index contributed by atoms with van der Waals surface area (Å²) in [5, 5.41) is 7.52. The third-order valence-electron chi connectivity index (χ3n) is 3.24. The summed E-state index contributed by atoms with van der Waals surface area (Å²) < 4.78 is 20.2. The van der Waals surface area contributed by atoms with Crippen molar-refractivity contribution in [3.05, 3.63) is 76.3 Å². The molecule has 8 heteroatoms. The first-order chi connectivity index (χ1) is 12.0. The lowest BCUT2D eigenvalue weighted by molar-refractivity contribution is 0.102. The largest absolute Gasteiger partial charge is 0.468 e. The molecule has 128 valence electrons. The van der Waals surface area contributed by atoms with Crippen molar-refractivity contribution in [2.45, 2.75) is 6.73 Å². The molecule has 0 aliphatic carbocycles. The van der Waals surface area contributed by atoms with Crippen LogP contribution in [0.2, 0.25) is 10.0 Å². The van der Waals surface area contributed by atoms with Crippen molar-refractivity contribution >= 4 is 34.8 Å². The van der Waals surface area contributed by atoms with Gasteiger partial charge in [0, 0.05) is 11.2 Å². The number of halogens is 3.